The number of nitrogens with zero attached hydrogens (tertiary/aromatic N) is 1. The van der Waals surface area contributed by atoms with Crippen molar-refractivity contribution in [2.45, 2.75) is 46.5 Å². The first kappa shape index (κ1) is 18.0. The van der Waals surface area contributed by atoms with Crippen molar-refractivity contribution in [2.24, 2.45) is 10.4 Å². The van der Waals surface area contributed by atoms with Crippen LogP contribution in [-0.2, 0) is 9.59 Å². The van der Waals surface area contributed by atoms with Crippen molar-refractivity contribution in [1.29, 1.82) is 0 Å². The number of amides is 2. The van der Waals surface area contributed by atoms with Gasteiger partial charge in [-0.05, 0) is 31.9 Å². The van der Waals surface area contributed by atoms with Crippen LogP contribution in [0.3, 0.4) is 0 Å². The molecule has 0 radical (unpaired) electrons. The standard InChI is InChI=1S/C18H25N3O3/c1-4-11-18(12-5-2)15(22)20-17(21-16(18)23)19-13-9-7-8-10-14(13)24-6-3/h7-10H,4-6,11-12H2,1-3H3,(H2,19,20,21,22,23). The molecule has 130 valence electrons. The van der Waals surface area contributed by atoms with E-state index in [2.05, 4.69) is 15.6 Å². The second-order valence-corrected chi connectivity index (χ2v) is 5.85. The number of nitrogens with one attached hydrogen (secondary N) is 2. The summed E-state index contributed by atoms with van der Waals surface area (Å²) < 4.78 is 5.52. The van der Waals surface area contributed by atoms with Gasteiger partial charge in [0.1, 0.15) is 16.9 Å². The van der Waals surface area contributed by atoms with Crippen LogP contribution >= 0.6 is 0 Å². The third-order valence-corrected chi connectivity index (χ3v) is 4.08. The summed E-state index contributed by atoms with van der Waals surface area (Å²) in [6.07, 6.45) is 2.59. The number of benzene rings is 1. The van der Waals surface area contributed by atoms with Crippen LogP contribution in [0, 0.1) is 5.41 Å². The highest BCUT2D eigenvalue weighted by Gasteiger charge is 2.48. The summed E-state index contributed by atoms with van der Waals surface area (Å²) in [6, 6.07) is 7.25. The van der Waals surface area contributed by atoms with E-state index in [1.54, 1.807) is 12.1 Å². The average molecular weight is 331 g/mol. The average Bonchev–Trinajstić information content (AvgIpc) is 2.55. The Morgan fingerprint density at radius 1 is 1.00 bits per heavy atom. The van der Waals surface area contributed by atoms with Gasteiger partial charge in [0.05, 0.1) is 6.61 Å². The molecule has 1 aliphatic rings. The summed E-state index contributed by atoms with van der Waals surface area (Å²) >= 11 is 0. The van der Waals surface area contributed by atoms with Gasteiger partial charge in [0.25, 0.3) is 0 Å². The quantitative estimate of drug-likeness (QED) is 0.754. The number of para-hydroxylation sites is 2. The lowest BCUT2D eigenvalue weighted by atomic mass is 9.76. The molecule has 0 unspecified atom stereocenters. The van der Waals surface area contributed by atoms with Crippen molar-refractivity contribution in [3.05, 3.63) is 24.3 Å². The van der Waals surface area contributed by atoms with Gasteiger partial charge in [0, 0.05) is 0 Å². The molecule has 1 fully saturated rings. The minimum Gasteiger partial charge on any atom is -0.492 e. The molecule has 6 heteroatoms. The van der Waals surface area contributed by atoms with Crippen molar-refractivity contribution >= 4 is 23.5 Å². The molecule has 0 aromatic heterocycles. The van der Waals surface area contributed by atoms with Crippen molar-refractivity contribution in [3.63, 3.8) is 0 Å². The fourth-order valence-corrected chi connectivity index (χ4v) is 3.02. The van der Waals surface area contributed by atoms with Crippen LogP contribution in [-0.4, -0.2) is 24.4 Å². The second-order valence-electron chi connectivity index (χ2n) is 5.85. The summed E-state index contributed by atoms with van der Waals surface area (Å²) in [5.74, 6) is 0.208. The Balaban J connectivity index is 2.28. The zero-order valence-electron chi connectivity index (χ0n) is 14.5. The molecular weight excluding hydrogens is 306 g/mol. The minimum atomic E-state index is -0.998. The fourth-order valence-electron chi connectivity index (χ4n) is 3.02. The van der Waals surface area contributed by atoms with Crippen LogP contribution in [0.5, 0.6) is 5.75 Å². The Bertz CT molecular complexity index is 612. The Morgan fingerprint density at radius 2 is 1.58 bits per heavy atom. The second kappa shape index (κ2) is 7.95. The van der Waals surface area contributed by atoms with Gasteiger partial charge in [-0.3, -0.25) is 20.2 Å². The van der Waals surface area contributed by atoms with E-state index in [0.717, 1.165) is 12.8 Å². The first-order valence-corrected chi connectivity index (χ1v) is 8.50. The van der Waals surface area contributed by atoms with Crippen LogP contribution in [0.4, 0.5) is 5.69 Å². The predicted molar refractivity (Wildman–Crippen MR) is 93.2 cm³/mol. The van der Waals surface area contributed by atoms with Crippen LogP contribution in [0.25, 0.3) is 0 Å². The number of guanidine groups is 1. The van der Waals surface area contributed by atoms with Crippen LogP contribution in [0.15, 0.2) is 29.3 Å². The smallest absolute Gasteiger partial charge is 0.242 e. The highest BCUT2D eigenvalue weighted by atomic mass is 16.5. The molecule has 24 heavy (non-hydrogen) atoms. The molecule has 1 saturated heterocycles. The Labute approximate surface area is 142 Å². The fraction of sp³-hybridized carbons (Fsp3) is 0.500. The van der Waals surface area contributed by atoms with E-state index in [4.69, 9.17) is 4.74 Å². The van der Waals surface area contributed by atoms with Crippen LogP contribution < -0.4 is 15.4 Å². The maximum Gasteiger partial charge on any atom is 0.242 e. The maximum absolute atomic E-state index is 12.6. The molecule has 0 spiro atoms. The molecule has 2 amide bonds. The normalized spacial score (nSPS) is 16.4. The molecule has 1 heterocycles. The first-order chi connectivity index (χ1) is 11.6. The lowest BCUT2D eigenvalue weighted by molar-refractivity contribution is -0.144. The number of aliphatic imine (C=N–C) groups is 1. The summed E-state index contributed by atoms with van der Waals surface area (Å²) in [7, 11) is 0. The molecular formula is C18H25N3O3. The summed E-state index contributed by atoms with van der Waals surface area (Å²) in [4.78, 5) is 29.6. The van der Waals surface area contributed by atoms with E-state index >= 15 is 0 Å². The highest BCUT2D eigenvalue weighted by molar-refractivity contribution is 6.20. The van der Waals surface area contributed by atoms with Gasteiger partial charge in [-0.2, -0.15) is 0 Å². The largest absolute Gasteiger partial charge is 0.492 e. The molecule has 0 atom stereocenters. The van der Waals surface area contributed by atoms with E-state index in [1.807, 2.05) is 32.9 Å². The predicted octanol–water partition coefficient (Wildman–Crippen LogP) is 2.91. The number of rotatable bonds is 7. The van der Waals surface area contributed by atoms with Gasteiger partial charge in [-0.25, -0.2) is 4.99 Å². The van der Waals surface area contributed by atoms with Gasteiger partial charge in [-0.15, -0.1) is 0 Å². The van der Waals surface area contributed by atoms with E-state index in [9.17, 15) is 9.59 Å². The Morgan fingerprint density at radius 3 is 2.12 bits per heavy atom. The summed E-state index contributed by atoms with van der Waals surface area (Å²) in [6.45, 7) is 6.34. The number of hydrogen-bond acceptors (Lipinski definition) is 4. The number of ether oxygens (including phenoxy) is 1. The van der Waals surface area contributed by atoms with Crippen molar-refractivity contribution in [3.8, 4) is 5.75 Å². The topological polar surface area (TPSA) is 79.8 Å². The lowest BCUT2D eigenvalue weighted by Crippen LogP contribution is -2.62. The van der Waals surface area contributed by atoms with Crippen LogP contribution in [0.2, 0.25) is 0 Å². The van der Waals surface area contributed by atoms with E-state index in [-0.39, 0.29) is 17.8 Å². The molecule has 2 N–H and O–H groups in total. The van der Waals surface area contributed by atoms with Crippen LogP contribution in [0.1, 0.15) is 46.5 Å². The Hall–Kier alpha value is -2.37. The maximum atomic E-state index is 12.6. The molecule has 1 aliphatic heterocycles. The van der Waals surface area contributed by atoms with Gasteiger partial charge < -0.3 is 4.74 Å². The summed E-state index contributed by atoms with van der Waals surface area (Å²) in [5.41, 5.74) is -0.435. The number of carbonyl (C=O) groups is 2. The highest BCUT2D eigenvalue weighted by Crippen LogP contribution is 2.33. The number of carbonyl (C=O) groups excluding carboxylic acids is 2. The molecule has 1 aromatic rings. The summed E-state index contributed by atoms with van der Waals surface area (Å²) in [5, 5.41) is 5.50. The Kier molecular flexibility index (Phi) is 5.95. The molecule has 0 saturated carbocycles. The third-order valence-electron chi connectivity index (χ3n) is 4.08. The van der Waals surface area contributed by atoms with E-state index < -0.39 is 5.41 Å². The van der Waals surface area contributed by atoms with Crippen molar-refractivity contribution < 1.29 is 14.3 Å². The molecule has 0 bridgehead atoms. The van der Waals surface area contributed by atoms with Gasteiger partial charge in [0.15, 0.2) is 0 Å². The van der Waals surface area contributed by atoms with Gasteiger partial charge in [0.2, 0.25) is 17.8 Å². The zero-order valence-corrected chi connectivity index (χ0v) is 14.5. The SMILES string of the molecule is CCCC1(CCC)C(=O)NC(=Nc2ccccc2OCC)NC1=O. The number of hydrogen-bond donors (Lipinski definition) is 2. The lowest BCUT2D eigenvalue weighted by Gasteiger charge is -2.35. The third kappa shape index (κ3) is 3.58. The zero-order chi connectivity index (χ0) is 17.6. The van der Waals surface area contributed by atoms with Crippen molar-refractivity contribution in [2.75, 3.05) is 6.61 Å². The van der Waals surface area contributed by atoms with Gasteiger partial charge >= 0.3 is 0 Å². The molecule has 2 rings (SSSR count). The molecule has 6 nitrogen and oxygen atoms in total. The first-order valence-electron chi connectivity index (χ1n) is 8.50. The molecule has 0 aliphatic carbocycles. The van der Waals surface area contributed by atoms with Gasteiger partial charge in [-0.1, -0.05) is 38.8 Å². The van der Waals surface area contributed by atoms with E-state index in [0.29, 0.717) is 30.9 Å². The van der Waals surface area contributed by atoms with E-state index in [1.165, 1.54) is 0 Å². The molecule has 1 aromatic carbocycles. The minimum absolute atomic E-state index is 0.153. The van der Waals surface area contributed by atoms with Crippen molar-refractivity contribution in [1.82, 2.24) is 10.6 Å². The monoisotopic (exact) mass is 331 g/mol.